The van der Waals surface area contributed by atoms with Crippen molar-refractivity contribution in [1.82, 2.24) is 0 Å². The average Bonchev–Trinajstić information content (AvgIpc) is 1.06. The fourth-order valence-electron chi connectivity index (χ4n) is 14.6. The van der Waals surface area contributed by atoms with E-state index in [0.29, 0.717) is 99.7 Å². The molecule has 0 bridgehead atoms. The van der Waals surface area contributed by atoms with Crippen LogP contribution in [0.4, 0.5) is 0 Å². The molecule has 594 valence electrons. The van der Waals surface area contributed by atoms with Crippen molar-refractivity contribution in [1.29, 1.82) is 0 Å². The predicted molar refractivity (Wildman–Crippen MR) is 432 cm³/mol. The van der Waals surface area contributed by atoms with Gasteiger partial charge in [0.05, 0.1) is 20.1 Å². The Balaban J connectivity index is -0.000000157. The summed E-state index contributed by atoms with van der Waals surface area (Å²) in [5.74, 6) is -1.46. The van der Waals surface area contributed by atoms with E-state index in [1.807, 2.05) is 0 Å². The van der Waals surface area contributed by atoms with E-state index < -0.39 is 81.5 Å². The van der Waals surface area contributed by atoms with Gasteiger partial charge in [-0.25, -0.2) is 0 Å². The van der Waals surface area contributed by atoms with E-state index in [0.717, 1.165) is 52.9 Å². The van der Waals surface area contributed by atoms with Crippen molar-refractivity contribution < 1.29 is 141 Å². The van der Waals surface area contributed by atoms with Crippen LogP contribution in [0.1, 0.15) is 301 Å². The molecule has 0 aromatic heterocycles. The maximum Gasteiger partial charge on any atom is 4.00 e. The average molecular weight is 1850 g/mol. The van der Waals surface area contributed by atoms with Gasteiger partial charge in [-0.3, -0.25) is 0 Å². The van der Waals surface area contributed by atoms with Crippen LogP contribution >= 0.6 is 46.4 Å². The number of benzene rings is 1. The van der Waals surface area contributed by atoms with Crippen LogP contribution in [0.15, 0.2) is 0 Å². The topological polar surface area (TPSA) is 221 Å². The maximum absolute atomic E-state index is 12.3. The summed E-state index contributed by atoms with van der Waals surface area (Å²) in [6.07, 6.45) is 10.2. The summed E-state index contributed by atoms with van der Waals surface area (Å²) < 4.78 is 19.8. The smallest absolute Gasteiger partial charge is 0.870 e. The zero-order chi connectivity index (χ0) is 79.0. The number of ether oxygens (including phenoxy) is 4. The van der Waals surface area contributed by atoms with E-state index in [1.54, 1.807) is 0 Å². The van der Waals surface area contributed by atoms with Gasteiger partial charge < -0.3 is 57.9 Å². The molecule has 5 rings (SSSR count). The molecule has 4 heterocycles. The Morgan fingerprint density at radius 1 is 0.200 bits per heavy atom. The Kier molecular flexibility index (Phi) is 73.0. The molecule has 4 saturated heterocycles. The fourth-order valence-corrected chi connectivity index (χ4v) is 39.5. The molecule has 0 saturated carbocycles. The minimum atomic E-state index is -2.23. The van der Waals surface area contributed by atoms with Crippen molar-refractivity contribution in [2.75, 3.05) is 52.9 Å². The SMILES string of the molecule is C1CCOC1.C1CCOC1.C1CCOC1.C1CCOC1.CC(C)[Si]([O-])(C(C)C)C(C)C.CC(C)[Si]([O-])(C(C)C)C(C)C.CC(C)[Si]([O-])(C(C)C)C(C)C.CC(C)[Si]([O-])(C(C)C)C(C)C.CC(C)[Si]([O-])(C(C)C)C(C)C.CC(C)[Si]([O-])(C(C)C)C(C)C.[Ce+4].[Ce+4].[O-]c1c(Cl)c(Cl)c([O-])c(Cl)c1Cl. The molecule has 4 aliphatic rings. The minimum Gasteiger partial charge on any atom is -0.870 e. The molecule has 0 amide bonds. The van der Waals surface area contributed by atoms with Crippen LogP contribution < -0.4 is 39.0 Å². The van der Waals surface area contributed by atoms with Gasteiger partial charge in [0.15, 0.2) is 0 Å². The minimum absolute atomic E-state index is 0. The largest absolute Gasteiger partial charge is 4.00 e. The van der Waals surface area contributed by atoms with Crippen LogP contribution in [-0.4, -0.2) is 103 Å². The monoisotopic (exact) mass is 1850 g/mol. The summed E-state index contributed by atoms with van der Waals surface area (Å²) in [6, 6.07) is 0. The first kappa shape index (κ1) is 119. The molecule has 12 nitrogen and oxygen atoms in total. The summed E-state index contributed by atoms with van der Waals surface area (Å²) in [6.45, 7) is 83.0. The summed E-state index contributed by atoms with van der Waals surface area (Å²) in [4.78, 5) is 74.0. The summed E-state index contributed by atoms with van der Waals surface area (Å²) in [7, 11) is -13.4. The molecule has 0 atom stereocenters. The standard InChI is InChI=1S/6C9H21OSi.C6H2Cl4O2.4C4H8O.2Ce/c6*1-7(2)11(10,8(3)4)9(5)6;7-1-2(8)6(12)4(10)3(9)5(1)11;4*1-2-4-5-3-1;;/h6*7-9H,1-6H3;11-12H;4*1-4H2;;/q6*-1;;;;;;2*+4/p-2. The Bertz CT molecular complexity index is 1560. The Morgan fingerprint density at radius 2 is 0.270 bits per heavy atom. The first-order chi connectivity index (χ1) is 44.4. The molecule has 4 fully saturated rings. The van der Waals surface area contributed by atoms with Crippen LogP contribution in [0.3, 0.4) is 0 Å². The van der Waals surface area contributed by atoms with Crippen molar-refractivity contribution in [3.63, 3.8) is 0 Å². The number of rotatable bonds is 18. The van der Waals surface area contributed by atoms with Crippen LogP contribution in [0.2, 0.25) is 120 Å². The van der Waals surface area contributed by atoms with E-state index >= 15 is 0 Å². The molecule has 100 heavy (non-hydrogen) atoms. The summed E-state index contributed by atoms with van der Waals surface area (Å²) in [5.41, 5.74) is 6.54. The van der Waals surface area contributed by atoms with E-state index in [9.17, 15) is 39.0 Å². The van der Waals surface area contributed by atoms with Gasteiger partial charge in [-0.2, -0.15) is 0 Å². The fraction of sp³-hybridized carbons (Fsp3) is 0.921. The molecule has 1 aromatic carbocycles. The Labute approximate surface area is 714 Å². The van der Waals surface area contributed by atoms with Crippen LogP contribution in [0, 0.1) is 83.5 Å². The van der Waals surface area contributed by atoms with Crippen molar-refractivity contribution >= 4 is 96.3 Å². The molecule has 0 spiro atoms. The van der Waals surface area contributed by atoms with Crippen molar-refractivity contribution in [2.24, 2.45) is 0 Å². The summed E-state index contributed by atoms with van der Waals surface area (Å²) in [5, 5.41) is 20.4. The third-order valence-corrected chi connectivity index (χ3v) is 54.9. The second kappa shape index (κ2) is 61.2. The van der Waals surface area contributed by atoms with Gasteiger partial charge in [-0.05, 0) is 101 Å². The van der Waals surface area contributed by atoms with Gasteiger partial charge in [0.1, 0.15) is 0 Å². The van der Waals surface area contributed by atoms with Gasteiger partial charge in [0.2, 0.25) is 0 Å². The molecule has 1 aromatic rings. The first-order valence-electron chi connectivity index (χ1n) is 38.2. The quantitative estimate of drug-likeness (QED) is 0.0989. The molecule has 0 aliphatic carbocycles. The van der Waals surface area contributed by atoms with Gasteiger partial charge in [-0.1, -0.05) is 407 Å². The van der Waals surface area contributed by atoms with Crippen LogP contribution in [-0.2, 0) is 18.9 Å². The van der Waals surface area contributed by atoms with Gasteiger partial charge in [0, 0.05) is 52.9 Å². The molecule has 4 aliphatic heterocycles. The second-order valence-electron chi connectivity index (χ2n) is 33.1. The molecule has 0 radical (unpaired) electrons. The number of hydrogen-bond acceptors (Lipinski definition) is 12. The third kappa shape index (κ3) is 42.5. The van der Waals surface area contributed by atoms with Crippen molar-refractivity contribution in [3.8, 4) is 11.5 Å². The van der Waals surface area contributed by atoms with E-state index in [-0.39, 0.29) is 83.5 Å². The molecule has 0 unspecified atom stereocenters. The zero-order valence-corrected chi connectivity index (χ0v) is 86.4. The Morgan fingerprint density at radius 3 is 0.300 bits per heavy atom. The molecular weight excluding hydrogens is 1700 g/mol. The van der Waals surface area contributed by atoms with E-state index in [4.69, 9.17) is 65.4 Å². The van der Waals surface area contributed by atoms with Gasteiger partial charge >= 0.3 is 83.5 Å². The zero-order valence-electron chi connectivity index (χ0n) is 71.1. The van der Waals surface area contributed by atoms with Crippen molar-refractivity contribution in [3.05, 3.63) is 20.1 Å². The normalized spacial score (nSPS) is 15.0. The van der Waals surface area contributed by atoms with Gasteiger partial charge in [0.25, 0.3) is 0 Å². The summed E-state index contributed by atoms with van der Waals surface area (Å²) >= 11 is 21.5. The second-order valence-corrected chi connectivity index (χ2v) is 65.6. The van der Waals surface area contributed by atoms with Gasteiger partial charge in [-0.15, -0.1) is 0 Å². The van der Waals surface area contributed by atoms with E-state index in [1.165, 1.54) is 51.4 Å². The molecular formula is C76H158Ce2Cl4O12Si6. The number of halogens is 4. The van der Waals surface area contributed by atoms with Crippen LogP contribution in [0.5, 0.6) is 11.5 Å². The molecule has 0 N–H and O–H groups in total. The van der Waals surface area contributed by atoms with Crippen LogP contribution in [0.25, 0.3) is 0 Å². The maximum atomic E-state index is 12.3. The molecule has 24 heteroatoms. The number of hydrogen-bond donors (Lipinski definition) is 0. The van der Waals surface area contributed by atoms with E-state index in [2.05, 4.69) is 249 Å². The first-order valence-corrected chi connectivity index (χ1v) is 52.5. The van der Waals surface area contributed by atoms with Crippen molar-refractivity contribution in [2.45, 2.75) is 400 Å². The predicted octanol–water partition coefficient (Wildman–Crippen LogP) is 20.8. The Hall–Kier alpha value is 3.63. The third-order valence-electron chi connectivity index (χ3n) is 20.7.